The first-order chi connectivity index (χ1) is 8.72. The fourth-order valence-corrected chi connectivity index (χ4v) is 2.96. The maximum atomic E-state index is 9.19. The zero-order chi connectivity index (χ0) is 12.6. The summed E-state index contributed by atoms with van der Waals surface area (Å²) in [6.07, 6.45) is 2.28. The highest BCUT2D eigenvalue weighted by atomic mass is 16.5. The first-order valence-electron chi connectivity index (χ1n) is 6.43. The number of aromatic nitrogens is 1. The van der Waals surface area contributed by atoms with Crippen molar-refractivity contribution in [2.45, 2.75) is 19.8 Å². The number of pyridine rings is 1. The molecule has 1 spiro atoms. The van der Waals surface area contributed by atoms with Crippen molar-refractivity contribution in [3.63, 3.8) is 0 Å². The van der Waals surface area contributed by atoms with E-state index in [0.29, 0.717) is 11.0 Å². The Morgan fingerprint density at radius 1 is 1.44 bits per heavy atom. The molecule has 0 saturated carbocycles. The molecule has 0 radical (unpaired) electrons. The molecule has 0 aromatic carbocycles. The van der Waals surface area contributed by atoms with Gasteiger partial charge >= 0.3 is 0 Å². The van der Waals surface area contributed by atoms with E-state index in [2.05, 4.69) is 16.0 Å². The van der Waals surface area contributed by atoms with Gasteiger partial charge in [0, 0.05) is 30.8 Å². The first kappa shape index (κ1) is 11.5. The first-order valence-corrected chi connectivity index (χ1v) is 6.43. The van der Waals surface area contributed by atoms with Gasteiger partial charge in [0.2, 0.25) is 0 Å². The molecule has 1 atom stereocenters. The smallest absolute Gasteiger partial charge is 0.146 e. The van der Waals surface area contributed by atoms with Gasteiger partial charge in [-0.25, -0.2) is 4.98 Å². The second kappa shape index (κ2) is 4.25. The van der Waals surface area contributed by atoms with Gasteiger partial charge in [0.05, 0.1) is 12.2 Å². The molecule has 94 valence electrons. The Labute approximate surface area is 107 Å². The van der Waals surface area contributed by atoms with Crippen LogP contribution in [-0.4, -0.2) is 31.3 Å². The molecule has 2 aliphatic heterocycles. The lowest BCUT2D eigenvalue weighted by molar-refractivity contribution is 0.160. The number of hydrogen-bond acceptors (Lipinski definition) is 4. The van der Waals surface area contributed by atoms with Crippen LogP contribution in [0.2, 0.25) is 0 Å². The molecular weight excluding hydrogens is 226 g/mol. The quantitative estimate of drug-likeness (QED) is 0.755. The Kier molecular flexibility index (Phi) is 2.71. The number of nitrogens with zero attached hydrogens (tertiary/aromatic N) is 3. The van der Waals surface area contributed by atoms with Gasteiger partial charge in [0.1, 0.15) is 11.9 Å². The van der Waals surface area contributed by atoms with Crippen molar-refractivity contribution in [1.82, 2.24) is 4.98 Å². The fourth-order valence-electron chi connectivity index (χ4n) is 2.96. The van der Waals surface area contributed by atoms with Crippen LogP contribution in [0, 0.1) is 23.7 Å². The molecule has 4 nitrogen and oxygen atoms in total. The minimum Gasteiger partial charge on any atom is -0.381 e. The van der Waals surface area contributed by atoms with Crippen LogP contribution in [0.5, 0.6) is 0 Å². The van der Waals surface area contributed by atoms with Gasteiger partial charge in [-0.1, -0.05) is 0 Å². The number of rotatable bonds is 1. The van der Waals surface area contributed by atoms with Crippen LogP contribution in [0.15, 0.2) is 12.1 Å². The summed E-state index contributed by atoms with van der Waals surface area (Å²) in [5, 5.41) is 9.19. The number of hydrogen-bond donors (Lipinski definition) is 0. The molecule has 2 saturated heterocycles. The van der Waals surface area contributed by atoms with Crippen molar-refractivity contribution in [2.24, 2.45) is 5.41 Å². The molecule has 3 heterocycles. The minimum atomic E-state index is 0.304. The van der Waals surface area contributed by atoms with Crippen LogP contribution in [-0.2, 0) is 4.74 Å². The van der Waals surface area contributed by atoms with Crippen molar-refractivity contribution in [2.75, 3.05) is 31.2 Å². The lowest BCUT2D eigenvalue weighted by Gasteiger charge is -2.23. The van der Waals surface area contributed by atoms with Gasteiger partial charge in [0.15, 0.2) is 0 Å². The molecule has 0 bridgehead atoms. The van der Waals surface area contributed by atoms with Crippen LogP contribution in [0.1, 0.15) is 24.1 Å². The van der Waals surface area contributed by atoms with Gasteiger partial charge in [-0.3, -0.25) is 0 Å². The maximum Gasteiger partial charge on any atom is 0.146 e. The predicted octanol–water partition coefficient (Wildman–Crippen LogP) is 1.88. The second-order valence-corrected chi connectivity index (χ2v) is 5.41. The van der Waals surface area contributed by atoms with E-state index < -0.39 is 0 Å². The monoisotopic (exact) mass is 243 g/mol. The van der Waals surface area contributed by atoms with E-state index in [4.69, 9.17) is 4.74 Å². The highest BCUT2D eigenvalue weighted by Crippen LogP contribution is 2.40. The van der Waals surface area contributed by atoms with Gasteiger partial charge in [0.25, 0.3) is 0 Å². The molecule has 2 aliphatic rings. The molecule has 0 N–H and O–H groups in total. The maximum absolute atomic E-state index is 9.19. The van der Waals surface area contributed by atoms with Gasteiger partial charge in [-0.05, 0) is 31.9 Å². The lowest BCUT2D eigenvalue weighted by atomic mass is 9.87. The molecule has 1 aromatic heterocycles. The summed E-state index contributed by atoms with van der Waals surface area (Å²) in [5.41, 5.74) is 1.95. The molecular formula is C14H17N3O. The third-order valence-corrected chi connectivity index (χ3v) is 4.06. The SMILES string of the molecule is Cc1ccc(C#N)c(N2CC[C@@]3(CCOC3)C2)n1. The summed E-state index contributed by atoms with van der Waals surface area (Å²) in [6, 6.07) is 6.01. The minimum absolute atomic E-state index is 0.304. The molecule has 0 aliphatic carbocycles. The van der Waals surface area contributed by atoms with Crippen LogP contribution in [0.4, 0.5) is 5.82 Å². The Bertz CT molecular complexity index is 500. The fraction of sp³-hybridized carbons (Fsp3) is 0.571. The Hall–Kier alpha value is -1.60. The Balaban J connectivity index is 1.88. The van der Waals surface area contributed by atoms with Crippen molar-refractivity contribution in [1.29, 1.82) is 5.26 Å². The third-order valence-electron chi connectivity index (χ3n) is 4.06. The second-order valence-electron chi connectivity index (χ2n) is 5.41. The van der Waals surface area contributed by atoms with Gasteiger partial charge < -0.3 is 9.64 Å². The summed E-state index contributed by atoms with van der Waals surface area (Å²) in [6.45, 7) is 5.65. The Morgan fingerprint density at radius 3 is 3.06 bits per heavy atom. The Morgan fingerprint density at radius 2 is 2.33 bits per heavy atom. The van der Waals surface area contributed by atoms with E-state index in [1.807, 2.05) is 19.1 Å². The topological polar surface area (TPSA) is 49.2 Å². The van der Waals surface area contributed by atoms with Gasteiger partial charge in [-0.15, -0.1) is 0 Å². The van der Waals surface area contributed by atoms with Crippen LogP contribution < -0.4 is 4.90 Å². The van der Waals surface area contributed by atoms with Crippen LogP contribution in [0.3, 0.4) is 0 Å². The van der Waals surface area contributed by atoms with Crippen LogP contribution >= 0.6 is 0 Å². The zero-order valence-electron chi connectivity index (χ0n) is 10.6. The van der Waals surface area contributed by atoms with Crippen molar-refractivity contribution >= 4 is 5.82 Å². The molecule has 0 unspecified atom stereocenters. The third kappa shape index (κ3) is 1.85. The number of nitriles is 1. The standard InChI is InChI=1S/C14H17N3O/c1-11-2-3-12(8-15)13(16-11)17-6-4-14(9-17)5-7-18-10-14/h2-3H,4-7,9-10H2,1H3/t14-/m1/s1. The molecule has 2 fully saturated rings. The van der Waals surface area contributed by atoms with E-state index in [1.165, 1.54) is 0 Å². The average molecular weight is 243 g/mol. The highest BCUT2D eigenvalue weighted by molar-refractivity contribution is 5.55. The van der Waals surface area contributed by atoms with E-state index in [1.54, 1.807) is 0 Å². The number of anilines is 1. The largest absolute Gasteiger partial charge is 0.381 e. The zero-order valence-corrected chi connectivity index (χ0v) is 10.6. The average Bonchev–Trinajstić information content (AvgIpc) is 3.00. The van der Waals surface area contributed by atoms with E-state index in [0.717, 1.165) is 50.7 Å². The predicted molar refractivity (Wildman–Crippen MR) is 68.4 cm³/mol. The molecule has 3 rings (SSSR count). The van der Waals surface area contributed by atoms with Crippen LogP contribution in [0.25, 0.3) is 0 Å². The van der Waals surface area contributed by atoms with Crippen molar-refractivity contribution < 1.29 is 4.74 Å². The van der Waals surface area contributed by atoms with Crippen molar-refractivity contribution in [3.8, 4) is 6.07 Å². The molecule has 1 aromatic rings. The van der Waals surface area contributed by atoms with Crippen molar-refractivity contribution in [3.05, 3.63) is 23.4 Å². The normalized spacial score (nSPS) is 26.8. The van der Waals surface area contributed by atoms with E-state index in [-0.39, 0.29) is 0 Å². The summed E-state index contributed by atoms with van der Waals surface area (Å²) in [5.74, 6) is 0.848. The molecule has 0 amide bonds. The number of ether oxygens (including phenoxy) is 1. The molecule has 18 heavy (non-hydrogen) atoms. The summed E-state index contributed by atoms with van der Waals surface area (Å²) < 4.78 is 5.53. The van der Waals surface area contributed by atoms with E-state index in [9.17, 15) is 5.26 Å². The molecule has 4 heteroatoms. The van der Waals surface area contributed by atoms with Gasteiger partial charge in [-0.2, -0.15) is 5.26 Å². The summed E-state index contributed by atoms with van der Waals surface area (Å²) >= 11 is 0. The summed E-state index contributed by atoms with van der Waals surface area (Å²) in [7, 11) is 0. The van der Waals surface area contributed by atoms with E-state index >= 15 is 0 Å². The lowest BCUT2D eigenvalue weighted by Crippen LogP contribution is -2.28. The number of aryl methyl sites for hydroxylation is 1. The highest BCUT2D eigenvalue weighted by Gasteiger charge is 2.42. The summed E-state index contributed by atoms with van der Waals surface area (Å²) in [4.78, 5) is 6.79.